The van der Waals surface area contributed by atoms with Crippen LogP contribution in [0.15, 0.2) is 84.9 Å². The molecule has 4 rings (SSSR count). The van der Waals surface area contributed by atoms with Gasteiger partial charge in [-0.05, 0) is 42.2 Å². The van der Waals surface area contributed by atoms with Gasteiger partial charge in [-0.25, -0.2) is 0 Å². The Morgan fingerprint density at radius 3 is 2.15 bits per heavy atom. The van der Waals surface area contributed by atoms with E-state index < -0.39 is 0 Å². The SMILES string of the molecule is O=C(c1ccccc1CNCc1ccccc1)N1CCC(N(C(=O)CCl)c2ccccc2)CC1. The summed E-state index contributed by atoms with van der Waals surface area (Å²) >= 11 is 5.91. The van der Waals surface area contributed by atoms with Gasteiger partial charge in [-0.2, -0.15) is 0 Å². The Kier molecular flexibility index (Phi) is 8.34. The quantitative estimate of drug-likeness (QED) is 0.474. The Morgan fingerprint density at radius 1 is 0.853 bits per heavy atom. The lowest BCUT2D eigenvalue weighted by atomic mass is 9.99. The lowest BCUT2D eigenvalue weighted by Gasteiger charge is -2.38. The predicted octanol–water partition coefficient (Wildman–Crippen LogP) is 4.85. The second-order valence-corrected chi connectivity index (χ2v) is 8.77. The first-order chi connectivity index (χ1) is 16.7. The van der Waals surface area contributed by atoms with Gasteiger partial charge in [0.25, 0.3) is 5.91 Å². The molecule has 0 bridgehead atoms. The first-order valence-corrected chi connectivity index (χ1v) is 12.3. The highest BCUT2D eigenvalue weighted by molar-refractivity contribution is 6.29. The number of hydrogen-bond acceptors (Lipinski definition) is 3. The van der Waals surface area contributed by atoms with E-state index in [-0.39, 0.29) is 23.7 Å². The number of carbonyl (C=O) groups is 2. The number of hydrogen-bond donors (Lipinski definition) is 1. The smallest absolute Gasteiger partial charge is 0.254 e. The molecule has 3 aromatic rings. The first kappa shape index (κ1) is 24.0. The highest BCUT2D eigenvalue weighted by Crippen LogP contribution is 2.25. The van der Waals surface area contributed by atoms with E-state index in [0.29, 0.717) is 19.6 Å². The van der Waals surface area contributed by atoms with Gasteiger partial charge in [-0.15, -0.1) is 11.6 Å². The maximum atomic E-state index is 13.4. The number of rotatable bonds is 8. The Labute approximate surface area is 206 Å². The van der Waals surface area contributed by atoms with Crippen molar-refractivity contribution < 1.29 is 9.59 Å². The van der Waals surface area contributed by atoms with Crippen LogP contribution in [0.3, 0.4) is 0 Å². The highest BCUT2D eigenvalue weighted by atomic mass is 35.5. The summed E-state index contributed by atoms with van der Waals surface area (Å²) in [7, 11) is 0. The second-order valence-electron chi connectivity index (χ2n) is 8.50. The number of alkyl halides is 1. The molecule has 0 aliphatic carbocycles. The zero-order valence-corrected chi connectivity index (χ0v) is 20.0. The molecule has 0 atom stereocenters. The molecule has 1 heterocycles. The maximum absolute atomic E-state index is 13.4. The van der Waals surface area contributed by atoms with Crippen LogP contribution in [0.2, 0.25) is 0 Å². The van der Waals surface area contributed by atoms with E-state index in [0.717, 1.165) is 36.2 Å². The van der Waals surface area contributed by atoms with Crippen LogP contribution in [0.25, 0.3) is 0 Å². The molecule has 1 N–H and O–H groups in total. The molecular formula is C28H30ClN3O2. The number of benzene rings is 3. The second kappa shape index (κ2) is 11.8. The Hall–Kier alpha value is -3.15. The van der Waals surface area contributed by atoms with Gasteiger partial charge in [0.1, 0.15) is 5.88 Å². The van der Waals surface area contributed by atoms with Gasteiger partial charge < -0.3 is 15.1 Å². The van der Waals surface area contributed by atoms with Crippen LogP contribution in [-0.2, 0) is 17.9 Å². The third-order valence-electron chi connectivity index (χ3n) is 6.27. The lowest BCUT2D eigenvalue weighted by Crippen LogP contribution is -2.49. The number of carbonyl (C=O) groups excluding carboxylic acids is 2. The fourth-order valence-electron chi connectivity index (χ4n) is 4.53. The Bertz CT molecular complexity index is 1080. The van der Waals surface area contributed by atoms with Gasteiger partial charge in [-0.3, -0.25) is 9.59 Å². The topological polar surface area (TPSA) is 52.7 Å². The van der Waals surface area contributed by atoms with Crippen molar-refractivity contribution in [2.24, 2.45) is 0 Å². The number of amides is 2. The third-order valence-corrected chi connectivity index (χ3v) is 6.50. The molecule has 5 nitrogen and oxygen atoms in total. The molecule has 2 amide bonds. The number of nitrogens with one attached hydrogen (secondary N) is 1. The van der Waals surface area contributed by atoms with E-state index in [9.17, 15) is 9.59 Å². The zero-order chi connectivity index (χ0) is 23.8. The minimum Gasteiger partial charge on any atom is -0.338 e. The van der Waals surface area contributed by atoms with Crippen molar-refractivity contribution in [3.63, 3.8) is 0 Å². The minimum absolute atomic E-state index is 0.0282. The van der Waals surface area contributed by atoms with Crippen molar-refractivity contribution in [2.75, 3.05) is 23.9 Å². The molecule has 0 radical (unpaired) electrons. The summed E-state index contributed by atoms with van der Waals surface area (Å²) in [5.74, 6) is -0.116. The number of para-hydroxylation sites is 1. The van der Waals surface area contributed by atoms with E-state index >= 15 is 0 Å². The Balaban J connectivity index is 1.39. The average molecular weight is 476 g/mol. The molecule has 176 valence electrons. The van der Waals surface area contributed by atoms with Crippen LogP contribution in [0, 0.1) is 0 Å². The molecule has 1 fully saturated rings. The number of halogens is 1. The van der Waals surface area contributed by atoms with Crippen molar-refractivity contribution in [3.05, 3.63) is 102 Å². The largest absolute Gasteiger partial charge is 0.338 e. The van der Waals surface area contributed by atoms with E-state index in [1.807, 2.05) is 77.7 Å². The minimum atomic E-state index is -0.104. The van der Waals surface area contributed by atoms with Gasteiger partial charge in [0.2, 0.25) is 5.91 Å². The fraction of sp³-hybridized carbons (Fsp3) is 0.286. The monoisotopic (exact) mass is 475 g/mol. The van der Waals surface area contributed by atoms with Crippen LogP contribution in [0.5, 0.6) is 0 Å². The number of likely N-dealkylation sites (tertiary alicyclic amines) is 1. The molecule has 3 aromatic carbocycles. The van der Waals surface area contributed by atoms with Crippen LogP contribution >= 0.6 is 11.6 Å². The standard InChI is InChI=1S/C28H30ClN3O2/c29-19-27(33)32(24-12-5-2-6-13-24)25-15-17-31(18-16-25)28(34)26-14-8-7-11-23(26)21-30-20-22-9-3-1-4-10-22/h1-14,25,30H,15-21H2. The molecule has 34 heavy (non-hydrogen) atoms. The van der Waals surface area contributed by atoms with E-state index in [1.54, 1.807) is 4.90 Å². The molecule has 1 aliphatic rings. The predicted molar refractivity (Wildman–Crippen MR) is 137 cm³/mol. The zero-order valence-electron chi connectivity index (χ0n) is 19.2. The normalized spacial score (nSPS) is 14.1. The highest BCUT2D eigenvalue weighted by Gasteiger charge is 2.31. The van der Waals surface area contributed by atoms with E-state index in [4.69, 9.17) is 11.6 Å². The summed E-state index contributed by atoms with van der Waals surface area (Å²) in [5, 5.41) is 3.45. The number of nitrogens with zero attached hydrogens (tertiary/aromatic N) is 2. The summed E-state index contributed by atoms with van der Waals surface area (Å²) in [6.07, 6.45) is 1.44. The third kappa shape index (κ3) is 5.85. The molecule has 0 aromatic heterocycles. The van der Waals surface area contributed by atoms with Crippen molar-refractivity contribution >= 4 is 29.1 Å². The van der Waals surface area contributed by atoms with Gasteiger partial charge in [-0.1, -0.05) is 66.7 Å². The summed E-state index contributed by atoms with van der Waals surface area (Å²) in [4.78, 5) is 29.7. The van der Waals surface area contributed by atoms with E-state index in [1.165, 1.54) is 5.56 Å². The van der Waals surface area contributed by atoms with Crippen molar-refractivity contribution in [1.82, 2.24) is 10.2 Å². The van der Waals surface area contributed by atoms with Crippen LogP contribution in [-0.4, -0.2) is 41.7 Å². The van der Waals surface area contributed by atoms with E-state index in [2.05, 4.69) is 17.4 Å². The molecule has 1 saturated heterocycles. The average Bonchev–Trinajstić information content (AvgIpc) is 2.90. The van der Waals surface area contributed by atoms with Gasteiger partial charge in [0.05, 0.1) is 0 Å². The molecule has 0 saturated carbocycles. The van der Waals surface area contributed by atoms with Crippen LogP contribution in [0.4, 0.5) is 5.69 Å². The van der Waals surface area contributed by atoms with Gasteiger partial charge >= 0.3 is 0 Å². The Morgan fingerprint density at radius 2 is 1.47 bits per heavy atom. The van der Waals surface area contributed by atoms with Crippen LogP contribution < -0.4 is 10.2 Å². The van der Waals surface area contributed by atoms with Crippen molar-refractivity contribution in [1.29, 1.82) is 0 Å². The molecule has 6 heteroatoms. The molecule has 0 unspecified atom stereocenters. The summed E-state index contributed by atoms with van der Waals surface area (Å²) in [5.41, 5.74) is 3.79. The molecule has 1 aliphatic heterocycles. The van der Waals surface area contributed by atoms with Crippen LogP contribution in [0.1, 0.15) is 34.3 Å². The van der Waals surface area contributed by atoms with Crippen molar-refractivity contribution in [3.8, 4) is 0 Å². The molecule has 0 spiro atoms. The summed E-state index contributed by atoms with van der Waals surface area (Å²) in [6, 6.07) is 27.7. The summed E-state index contributed by atoms with van der Waals surface area (Å²) < 4.78 is 0. The summed E-state index contributed by atoms with van der Waals surface area (Å²) in [6.45, 7) is 2.58. The van der Waals surface area contributed by atoms with Gasteiger partial charge in [0, 0.05) is 43.5 Å². The van der Waals surface area contributed by atoms with Crippen molar-refractivity contribution in [2.45, 2.75) is 32.0 Å². The number of piperidine rings is 1. The fourth-order valence-corrected chi connectivity index (χ4v) is 4.66. The molecular weight excluding hydrogens is 446 g/mol. The number of anilines is 1. The first-order valence-electron chi connectivity index (χ1n) is 11.7. The lowest BCUT2D eigenvalue weighted by molar-refractivity contribution is -0.116. The van der Waals surface area contributed by atoms with Gasteiger partial charge in [0.15, 0.2) is 0 Å². The maximum Gasteiger partial charge on any atom is 0.254 e.